The number of aromatic nitrogens is 2. The Balaban J connectivity index is 2.43. The first-order chi connectivity index (χ1) is 9.04. The molecular weight excluding hydrogens is 260 g/mol. The van der Waals surface area contributed by atoms with E-state index in [0.29, 0.717) is 10.7 Å². The van der Waals surface area contributed by atoms with Crippen molar-refractivity contribution in [1.29, 1.82) is 0 Å². The maximum atomic E-state index is 10.6. The van der Waals surface area contributed by atoms with Crippen molar-refractivity contribution in [3.05, 3.63) is 51.8 Å². The van der Waals surface area contributed by atoms with Gasteiger partial charge in [0.1, 0.15) is 6.10 Å². The van der Waals surface area contributed by atoms with Crippen molar-refractivity contribution in [3.8, 4) is 0 Å². The van der Waals surface area contributed by atoms with Gasteiger partial charge in [0.05, 0.1) is 16.9 Å². The summed E-state index contributed by atoms with van der Waals surface area (Å²) in [4.78, 5) is 0. The van der Waals surface area contributed by atoms with E-state index in [1.54, 1.807) is 10.9 Å². The second-order valence-electron chi connectivity index (χ2n) is 4.86. The summed E-state index contributed by atoms with van der Waals surface area (Å²) in [5.41, 5.74) is 3.80. The van der Waals surface area contributed by atoms with E-state index in [9.17, 15) is 5.11 Å². The zero-order valence-electron chi connectivity index (χ0n) is 11.5. The summed E-state index contributed by atoms with van der Waals surface area (Å²) in [6, 6.07) is 6.02. The molecular formula is C15H19ClN2O. The van der Waals surface area contributed by atoms with Crippen LogP contribution < -0.4 is 0 Å². The zero-order chi connectivity index (χ0) is 14.0. The molecule has 1 aromatic heterocycles. The average molecular weight is 279 g/mol. The number of hydrogen-bond donors (Lipinski definition) is 1. The maximum absolute atomic E-state index is 10.6. The molecule has 0 saturated heterocycles. The molecule has 19 heavy (non-hydrogen) atoms. The first-order valence-electron chi connectivity index (χ1n) is 6.51. The summed E-state index contributed by atoms with van der Waals surface area (Å²) in [6.45, 7) is 6.87. The summed E-state index contributed by atoms with van der Waals surface area (Å²) in [5, 5.41) is 15.3. The van der Waals surface area contributed by atoms with E-state index in [4.69, 9.17) is 11.6 Å². The fourth-order valence-corrected chi connectivity index (χ4v) is 2.56. The number of aliphatic hydroxyl groups excluding tert-OH is 1. The number of aliphatic hydroxyl groups is 1. The van der Waals surface area contributed by atoms with E-state index in [0.717, 1.165) is 24.1 Å². The van der Waals surface area contributed by atoms with Gasteiger partial charge in [0.15, 0.2) is 0 Å². The Bertz CT molecular complexity index is 578. The van der Waals surface area contributed by atoms with Crippen LogP contribution in [0.2, 0.25) is 5.02 Å². The molecule has 2 aromatic rings. The Hall–Kier alpha value is -1.32. The molecule has 2 rings (SSSR count). The molecule has 0 spiro atoms. The number of aryl methyl sites for hydroxylation is 3. The molecule has 0 aliphatic heterocycles. The summed E-state index contributed by atoms with van der Waals surface area (Å²) in [6.07, 6.45) is 1.81. The predicted octanol–water partition coefficient (Wildman–Crippen LogP) is 3.65. The van der Waals surface area contributed by atoms with Crippen molar-refractivity contribution in [2.45, 2.75) is 39.8 Å². The van der Waals surface area contributed by atoms with Crippen LogP contribution in [0.15, 0.2) is 24.4 Å². The van der Waals surface area contributed by atoms with Gasteiger partial charge in [-0.05, 0) is 31.4 Å². The fraction of sp³-hybridized carbons (Fsp3) is 0.400. The van der Waals surface area contributed by atoms with Gasteiger partial charge in [-0.25, -0.2) is 0 Å². The number of rotatable bonds is 4. The van der Waals surface area contributed by atoms with Gasteiger partial charge < -0.3 is 5.11 Å². The first-order valence-corrected chi connectivity index (χ1v) is 6.88. The van der Waals surface area contributed by atoms with Crippen LogP contribution in [-0.2, 0) is 6.54 Å². The molecule has 1 heterocycles. The highest BCUT2D eigenvalue weighted by atomic mass is 35.5. The van der Waals surface area contributed by atoms with Crippen molar-refractivity contribution in [2.75, 3.05) is 0 Å². The van der Waals surface area contributed by atoms with Crippen LogP contribution in [0, 0.1) is 13.8 Å². The van der Waals surface area contributed by atoms with Crippen LogP contribution in [0.1, 0.15) is 41.8 Å². The van der Waals surface area contributed by atoms with E-state index < -0.39 is 6.10 Å². The Kier molecular flexibility index (Phi) is 4.27. The van der Waals surface area contributed by atoms with Crippen LogP contribution in [0.4, 0.5) is 0 Å². The molecule has 1 unspecified atom stereocenters. The van der Waals surface area contributed by atoms with Gasteiger partial charge in [0, 0.05) is 6.54 Å². The van der Waals surface area contributed by atoms with Gasteiger partial charge in [-0.3, -0.25) is 4.68 Å². The van der Waals surface area contributed by atoms with Gasteiger partial charge >= 0.3 is 0 Å². The van der Waals surface area contributed by atoms with Crippen LogP contribution in [0.25, 0.3) is 0 Å². The molecule has 102 valence electrons. The van der Waals surface area contributed by atoms with Crippen molar-refractivity contribution >= 4 is 11.6 Å². The second-order valence-corrected chi connectivity index (χ2v) is 5.27. The van der Waals surface area contributed by atoms with E-state index >= 15 is 0 Å². The predicted molar refractivity (Wildman–Crippen MR) is 77.5 cm³/mol. The van der Waals surface area contributed by atoms with Gasteiger partial charge in [0.2, 0.25) is 0 Å². The molecule has 0 aliphatic carbocycles. The highest BCUT2D eigenvalue weighted by Crippen LogP contribution is 2.30. The minimum Gasteiger partial charge on any atom is -0.382 e. The third-order valence-electron chi connectivity index (χ3n) is 3.25. The molecule has 0 bridgehead atoms. The van der Waals surface area contributed by atoms with Crippen molar-refractivity contribution in [2.24, 2.45) is 0 Å². The second kappa shape index (κ2) is 5.76. The average Bonchev–Trinajstić information content (AvgIpc) is 2.70. The first kappa shape index (κ1) is 14.1. The van der Waals surface area contributed by atoms with Crippen LogP contribution >= 0.6 is 11.6 Å². The van der Waals surface area contributed by atoms with E-state index in [1.807, 2.05) is 26.0 Å². The summed E-state index contributed by atoms with van der Waals surface area (Å²) < 4.78 is 1.78. The van der Waals surface area contributed by atoms with Crippen LogP contribution in [-0.4, -0.2) is 14.9 Å². The van der Waals surface area contributed by atoms with Crippen molar-refractivity contribution in [3.63, 3.8) is 0 Å². The van der Waals surface area contributed by atoms with Crippen molar-refractivity contribution in [1.82, 2.24) is 9.78 Å². The molecule has 0 aliphatic rings. The monoisotopic (exact) mass is 278 g/mol. The SMILES string of the molecule is CCCn1ncc(Cl)c1C(O)c1ccc(C)cc1C. The largest absolute Gasteiger partial charge is 0.382 e. The van der Waals surface area contributed by atoms with Crippen molar-refractivity contribution < 1.29 is 5.11 Å². The smallest absolute Gasteiger partial charge is 0.122 e. The van der Waals surface area contributed by atoms with E-state index in [2.05, 4.69) is 18.1 Å². The molecule has 1 atom stereocenters. The molecule has 0 fully saturated rings. The fourth-order valence-electron chi connectivity index (χ4n) is 2.31. The summed E-state index contributed by atoms with van der Waals surface area (Å²) in [5.74, 6) is 0. The topological polar surface area (TPSA) is 38.0 Å². The quantitative estimate of drug-likeness (QED) is 0.927. The highest BCUT2D eigenvalue weighted by molar-refractivity contribution is 6.31. The molecule has 0 saturated carbocycles. The van der Waals surface area contributed by atoms with E-state index in [-0.39, 0.29) is 0 Å². The van der Waals surface area contributed by atoms with Gasteiger partial charge in [-0.1, -0.05) is 42.3 Å². The summed E-state index contributed by atoms with van der Waals surface area (Å²) in [7, 11) is 0. The Morgan fingerprint density at radius 3 is 2.74 bits per heavy atom. The highest BCUT2D eigenvalue weighted by Gasteiger charge is 2.21. The Labute approximate surface area is 118 Å². The summed E-state index contributed by atoms with van der Waals surface area (Å²) >= 11 is 6.17. The Morgan fingerprint density at radius 2 is 2.11 bits per heavy atom. The third-order valence-corrected chi connectivity index (χ3v) is 3.54. The lowest BCUT2D eigenvalue weighted by Gasteiger charge is -2.16. The maximum Gasteiger partial charge on any atom is 0.122 e. The molecule has 3 nitrogen and oxygen atoms in total. The molecule has 4 heteroatoms. The molecule has 1 N–H and O–H groups in total. The molecule has 0 amide bonds. The number of hydrogen-bond acceptors (Lipinski definition) is 2. The van der Waals surface area contributed by atoms with Gasteiger partial charge in [0.25, 0.3) is 0 Å². The number of nitrogens with zero attached hydrogens (tertiary/aromatic N) is 2. The minimum atomic E-state index is -0.734. The number of benzene rings is 1. The molecule has 1 aromatic carbocycles. The molecule has 0 radical (unpaired) electrons. The standard InChI is InChI=1S/C15H19ClN2O/c1-4-7-18-14(13(16)9-17-18)15(19)12-6-5-10(2)8-11(12)3/h5-6,8-9,15,19H,4,7H2,1-3H3. The third kappa shape index (κ3) is 2.82. The van der Waals surface area contributed by atoms with Crippen LogP contribution in [0.3, 0.4) is 0 Å². The van der Waals surface area contributed by atoms with Gasteiger partial charge in [-0.2, -0.15) is 5.10 Å². The number of halogens is 1. The lowest BCUT2D eigenvalue weighted by Crippen LogP contribution is -2.11. The Morgan fingerprint density at radius 1 is 1.37 bits per heavy atom. The van der Waals surface area contributed by atoms with E-state index in [1.165, 1.54) is 5.56 Å². The lowest BCUT2D eigenvalue weighted by atomic mass is 9.99. The zero-order valence-corrected chi connectivity index (χ0v) is 12.3. The minimum absolute atomic E-state index is 0.515. The van der Waals surface area contributed by atoms with Gasteiger partial charge in [-0.15, -0.1) is 0 Å². The lowest BCUT2D eigenvalue weighted by molar-refractivity contribution is 0.206. The van der Waals surface area contributed by atoms with Crippen LogP contribution in [0.5, 0.6) is 0 Å². The normalized spacial score (nSPS) is 12.7.